The van der Waals surface area contributed by atoms with Gasteiger partial charge in [0.1, 0.15) is 0 Å². The quantitative estimate of drug-likeness (QED) is 0.677. The zero-order valence-corrected chi connectivity index (χ0v) is 12.0. The van der Waals surface area contributed by atoms with Crippen molar-refractivity contribution in [2.75, 3.05) is 13.1 Å². The van der Waals surface area contributed by atoms with Gasteiger partial charge in [-0.15, -0.1) is 0 Å². The molecule has 1 aliphatic heterocycles. The number of rotatable bonds is 8. The van der Waals surface area contributed by atoms with Crippen LogP contribution in [0, 0.1) is 5.92 Å². The first-order valence-corrected chi connectivity index (χ1v) is 7.61. The van der Waals surface area contributed by atoms with Crippen molar-refractivity contribution >= 4 is 5.91 Å². The predicted octanol–water partition coefficient (Wildman–Crippen LogP) is 2.97. The molecule has 3 nitrogen and oxygen atoms in total. The Morgan fingerprint density at radius 3 is 2.56 bits per heavy atom. The van der Waals surface area contributed by atoms with E-state index < -0.39 is 0 Å². The largest absolute Gasteiger partial charge is 0.393 e. The zero-order chi connectivity index (χ0) is 13.4. The first kappa shape index (κ1) is 15.5. The summed E-state index contributed by atoms with van der Waals surface area (Å²) in [4.78, 5) is 13.9. The van der Waals surface area contributed by atoms with Crippen molar-refractivity contribution in [2.24, 2.45) is 5.92 Å². The minimum atomic E-state index is -0.281. The van der Waals surface area contributed by atoms with E-state index in [2.05, 4.69) is 6.92 Å². The topological polar surface area (TPSA) is 40.5 Å². The molecule has 1 fully saturated rings. The molecule has 1 amide bonds. The van der Waals surface area contributed by atoms with E-state index in [9.17, 15) is 9.90 Å². The molecule has 0 spiro atoms. The number of hydrogen-bond donors (Lipinski definition) is 1. The Morgan fingerprint density at radius 2 is 1.94 bits per heavy atom. The number of amides is 1. The second-order valence-corrected chi connectivity index (χ2v) is 5.65. The molecule has 106 valence electrons. The van der Waals surface area contributed by atoms with Gasteiger partial charge < -0.3 is 10.0 Å². The molecule has 1 aliphatic rings. The molecule has 0 saturated carbocycles. The molecule has 3 heteroatoms. The first-order valence-electron chi connectivity index (χ1n) is 7.61. The predicted molar refractivity (Wildman–Crippen MR) is 74.4 cm³/mol. The minimum Gasteiger partial charge on any atom is -0.393 e. The van der Waals surface area contributed by atoms with Crippen molar-refractivity contribution in [3.05, 3.63) is 0 Å². The molecule has 0 aromatic heterocycles. The van der Waals surface area contributed by atoms with Gasteiger partial charge in [0.25, 0.3) is 0 Å². The van der Waals surface area contributed by atoms with Gasteiger partial charge in [-0.1, -0.05) is 39.0 Å². The van der Waals surface area contributed by atoms with Gasteiger partial charge in [0.05, 0.1) is 6.10 Å². The van der Waals surface area contributed by atoms with Crippen LogP contribution in [-0.2, 0) is 4.79 Å². The van der Waals surface area contributed by atoms with Crippen molar-refractivity contribution in [1.82, 2.24) is 4.90 Å². The minimum absolute atomic E-state index is 0.281. The number of nitrogens with zero attached hydrogens (tertiary/aromatic N) is 1. The second-order valence-electron chi connectivity index (χ2n) is 5.65. The Morgan fingerprint density at radius 1 is 1.28 bits per heavy atom. The normalized spacial score (nSPS) is 21.3. The number of unbranched alkanes of at least 4 members (excludes halogenated alkanes) is 5. The first-order chi connectivity index (χ1) is 8.65. The van der Waals surface area contributed by atoms with Crippen molar-refractivity contribution in [3.8, 4) is 0 Å². The molecule has 1 rings (SSSR count). The molecular formula is C15H29NO2. The summed E-state index contributed by atoms with van der Waals surface area (Å²) in [6.45, 7) is 5.64. The lowest BCUT2D eigenvalue weighted by atomic mass is 10.0. The van der Waals surface area contributed by atoms with E-state index in [1.54, 1.807) is 0 Å². The van der Waals surface area contributed by atoms with Crippen LogP contribution < -0.4 is 0 Å². The molecule has 0 radical (unpaired) electrons. The monoisotopic (exact) mass is 255 g/mol. The maximum atomic E-state index is 11.9. The molecule has 18 heavy (non-hydrogen) atoms. The summed E-state index contributed by atoms with van der Waals surface area (Å²) in [5, 5.41) is 9.51. The molecule has 0 aliphatic carbocycles. The summed E-state index contributed by atoms with van der Waals surface area (Å²) in [6.07, 6.45) is 8.73. The highest BCUT2D eigenvalue weighted by Crippen LogP contribution is 2.20. The summed E-state index contributed by atoms with van der Waals surface area (Å²) in [6, 6.07) is 0. The number of aliphatic hydroxyl groups excluding tert-OH is 1. The van der Waals surface area contributed by atoms with Gasteiger partial charge in [-0.2, -0.15) is 0 Å². The van der Waals surface area contributed by atoms with Crippen LogP contribution in [0.2, 0.25) is 0 Å². The lowest BCUT2D eigenvalue weighted by Gasteiger charge is -2.17. The highest BCUT2D eigenvalue weighted by atomic mass is 16.3. The third kappa shape index (κ3) is 5.38. The zero-order valence-electron chi connectivity index (χ0n) is 12.0. The van der Waals surface area contributed by atoms with Crippen LogP contribution in [0.15, 0.2) is 0 Å². The van der Waals surface area contributed by atoms with Gasteiger partial charge in [0.15, 0.2) is 0 Å². The van der Waals surface area contributed by atoms with Crippen LogP contribution in [0.25, 0.3) is 0 Å². The molecule has 0 bridgehead atoms. The molecule has 2 unspecified atom stereocenters. The Labute approximate surface area is 112 Å². The number of aliphatic hydroxyl groups is 1. The van der Waals surface area contributed by atoms with Gasteiger partial charge in [-0.05, 0) is 19.8 Å². The SMILES string of the molecule is CCCCCCCCC(=O)N1CCC(C(C)O)C1. The smallest absolute Gasteiger partial charge is 0.222 e. The van der Waals surface area contributed by atoms with Crippen LogP contribution in [0.3, 0.4) is 0 Å². The Kier molecular flexibility index (Phi) is 7.33. The molecule has 0 aromatic rings. The Bertz CT molecular complexity index is 241. The lowest BCUT2D eigenvalue weighted by Crippen LogP contribution is -2.30. The Hall–Kier alpha value is -0.570. The molecule has 1 saturated heterocycles. The fourth-order valence-electron chi connectivity index (χ4n) is 2.62. The van der Waals surface area contributed by atoms with Gasteiger partial charge in [0, 0.05) is 25.4 Å². The number of carbonyl (C=O) groups excluding carboxylic acids is 1. The van der Waals surface area contributed by atoms with Crippen molar-refractivity contribution < 1.29 is 9.90 Å². The van der Waals surface area contributed by atoms with E-state index >= 15 is 0 Å². The van der Waals surface area contributed by atoms with E-state index in [-0.39, 0.29) is 12.0 Å². The van der Waals surface area contributed by atoms with Crippen molar-refractivity contribution in [1.29, 1.82) is 0 Å². The van der Waals surface area contributed by atoms with E-state index in [1.807, 2.05) is 11.8 Å². The van der Waals surface area contributed by atoms with E-state index in [4.69, 9.17) is 0 Å². The van der Waals surface area contributed by atoms with Crippen LogP contribution >= 0.6 is 0 Å². The van der Waals surface area contributed by atoms with Gasteiger partial charge in [-0.25, -0.2) is 0 Å². The van der Waals surface area contributed by atoms with Crippen LogP contribution in [0.5, 0.6) is 0 Å². The highest BCUT2D eigenvalue weighted by molar-refractivity contribution is 5.76. The van der Waals surface area contributed by atoms with Crippen LogP contribution in [-0.4, -0.2) is 35.1 Å². The lowest BCUT2D eigenvalue weighted by molar-refractivity contribution is -0.130. The van der Waals surface area contributed by atoms with Crippen LogP contribution in [0.4, 0.5) is 0 Å². The fraction of sp³-hybridized carbons (Fsp3) is 0.933. The van der Waals surface area contributed by atoms with Crippen molar-refractivity contribution in [2.45, 2.75) is 71.3 Å². The number of likely N-dealkylation sites (tertiary alicyclic amines) is 1. The second kappa shape index (κ2) is 8.52. The summed E-state index contributed by atoms with van der Waals surface area (Å²) >= 11 is 0. The number of carbonyl (C=O) groups is 1. The van der Waals surface area contributed by atoms with Gasteiger partial charge >= 0.3 is 0 Å². The molecule has 0 aromatic carbocycles. The Balaban J connectivity index is 2.07. The van der Waals surface area contributed by atoms with E-state index in [0.29, 0.717) is 12.3 Å². The van der Waals surface area contributed by atoms with E-state index in [1.165, 1.54) is 32.1 Å². The van der Waals surface area contributed by atoms with Gasteiger partial charge in [0.2, 0.25) is 5.91 Å². The van der Waals surface area contributed by atoms with Gasteiger partial charge in [-0.3, -0.25) is 4.79 Å². The average Bonchev–Trinajstić information content (AvgIpc) is 2.83. The molecule has 1 heterocycles. The van der Waals surface area contributed by atoms with Crippen molar-refractivity contribution in [3.63, 3.8) is 0 Å². The summed E-state index contributed by atoms with van der Waals surface area (Å²) in [5.74, 6) is 0.576. The highest BCUT2D eigenvalue weighted by Gasteiger charge is 2.28. The molecule has 1 N–H and O–H groups in total. The standard InChI is InChI=1S/C15H29NO2/c1-3-4-5-6-7-8-9-15(18)16-11-10-14(12-16)13(2)17/h13-14,17H,3-12H2,1-2H3. The fourth-order valence-corrected chi connectivity index (χ4v) is 2.62. The third-order valence-electron chi connectivity index (χ3n) is 4.00. The maximum Gasteiger partial charge on any atom is 0.222 e. The third-order valence-corrected chi connectivity index (χ3v) is 4.00. The van der Waals surface area contributed by atoms with Crippen LogP contribution in [0.1, 0.15) is 65.2 Å². The average molecular weight is 255 g/mol. The summed E-state index contributed by atoms with van der Waals surface area (Å²) < 4.78 is 0. The maximum absolute atomic E-state index is 11.9. The number of hydrogen-bond acceptors (Lipinski definition) is 2. The molecular weight excluding hydrogens is 226 g/mol. The van der Waals surface area contributed by atoms with E-state index in [0.717, 1.165) is 25.9 Å². The summed E-state index contributed by atoms with van der Waals surface area (Å²) in [7, 11) is 0. The summed E-state index contributed by atoms with van der Waals surface area (Å²) in [5.41, 5.74) is 0. The molecule has 2 atom stereocenters.